The van der Waals surface area contributed by atoms with E-state index in [1.54, 1.807) is 22.8 Å². The van der Waals surface area contributed by atoms with Gasteiger partial charge in [-0.25, -0.2) is 0 Å². The summed E-state index contributed by atoms with van der Waals surface area (Å²) >= 11 is 6.26. The van der Waals surface area contributed by atoms with Crippen LogP contribution in [0.3, 0.4) is 0 Å². The van der Waals surface area contributed by atoms with Crippen molar-refractivity contribution >= 4 is 39.4 Å². The second kappa shape index (κ2) is 6.76. The zero-order valence-electron chi connectivity index (χ0n) is 14.0. The number of aliphatic carboxylic acids is 1. The lowest BCUT2D eigenvalue weighted by Gasteiger charge is -2.18. The van der Waals surface area contributed by atoms with Crippen LogP contribution in [0.4, 0.5) is 0 Å². The summed E-state index contributed by atoms with van der Waals surface area (Å²) in [7, 11) is 0. The molecule has 0 atom stereocenters. The number of nitrogens with zero attached hydrogens (tertiary/aromatic N) is 1. The van der Waals surface area contributed by atoms with Gasteiger partial charge in [-0.2, -0.15) is 0 Å². The Morgan fingerprint density at radius 2 is 1.92 bits per heavy atom. The lowest BCUT2D eigenvalue weighted by Crippen LogP contribution is -2.17. The average molecular weight is 360 g/mol. The lowest BCUT2D eigenvalue weighted by atomic mass is 10.0. The molecule has 0 fully saturated rings. The van der Waals surface area contributed by atoms with Gasteiger partial charge in [0.1, 0.15) is 6.54 Å². The van der Waals surface area contributed by atoms with E-state index < -0.39 is 5.97 Å². The molecule has 0 aliphatic carbocycles. The normalized spacial score (nSPS) is 11.2. The molecular formula is C19H18ClNO4. The number of hydrogen-bond donors (Lipinski definition) is 1. The SMILES string of the molecule is CCOc1c(Cl)ccc2c(=O)c3ccc(CC)cc3n(CC(=O)O)c12. The first-order chi connectivity index (χ1) is 12.0. The van der Waals surface area contributed by atoms with Gasteiger partial charge in [-0.05, 0) is 43.2 Å². The van der Waals surface area contributed by atoms with Crippen LogP contribution in [0.5, 0.6) is 5.75 Å². The lowest BCUT2D eigenvalue weighted by molar-refractivity contribution is -0.137. The van der Waals surface area contributed by atoms with Crippen LogP contribution in [0.15, 0.2) is 35.1 Å². The van der Waals surface area contributed by atoms with Gasteiger partial charge in [-0.3, -0.25) is 9.59 Å². The van der Waals surface area contributed by atoms with E-state index >= 15 is 0 Å². The highest BCUT2D eigenvalue weighted by Crippen LogP contribution is 2.34. The molecule has 25 heavy (non-hydrogen) atoms. The number of carbonyl (C=O) groups is 1. The first-order valence-electron chi connectivity index (χ1n) is 8.10. The number of carboxylic acid groups (broad SMARTS) is 1. The number of fused-ring (bicyclic) bond motifs is 2. The van der Waals surface area contributed by atoms with Gasteiger partial charge in [-0.15, -0.1) is 0 Å². The van der Waals surface area contributed by atoms with Crippen molar-refractivity contribution in [2.24, 2.45) is 0 Å². The monoisotopic (exact) mass is 359 g/mol. The Morgan fingerprint density at radius 3 is 2.56 bits per heavy atom. The molecule has 0 saturated carbocycles. The molecule has 130 valence electrons. The Labute approximate surface area is 149 Å². The van der Waals surface area contributed by atoms with Crippen molar-refractivity contribution in [1.82, 2.24) is 4.57 Å². The molecule has 0 bridgehead atoms. The van der Waals surface area contributed by atoms with E-state index in [0.29, 0.717) is 39.2 Å². The number of benzene rings is 2. The fourth-order valence-electron chi connectivity index (χ4n) is 3.06. The molecule has 0 amide bonds. The van der Waals surface area contributed by atoms with Crippen molar-refractivity contribution < 1.29 is 14.6 Å². The van der Waals surface area contributed by atoms with E-state index in [2.05, 4.69) is 0 Å². The van der Waals surface area contributed by atoms with Crippen LogP contribution in [-0.2, 0) is 17.8 Å². The maximum Gasteiger partial charge on any atom is 0.323 e. The molecule has 0 radical (unpaired) electrons. The Hall–Kier alpha value is -2.53. The molecule has 0 aliphatic heterocycles. The van der Waals surface area contributed by atoms with E-state index in [4.69, 9.17) is 16.3 Å². The quantitative estimate of drug-likeness (QED) is 0.702. The van der Waals surface area contributed by atoms with Crippen molar-refractivity contribution in [2.45, 2.75) is 26.8 Å². The van der Waals surface area contributed by atoms with E-state index in [1.165, 1.54) is 0 Å². The molecule has 3 rings (SSSR count). The smallest absolute Gasteiger partial charge is 0.323 e. The third kappa shape index (κ3) is 2.96. The summed E-state index contributed by atoms with van der Waals surface area (Å²) in [5, 5.41) is 10.6. The van der Waals surface area contributed by atoms with Crippen LogP contribution in [-0.4, -0.2) is 22.2 Å². The minimum Gasteiger partial charge on any atom is -0.490 e. The van der Waals surface area contributed by atoms with Gasteiger partial charge in [0, 0.05) is 5.39 Å². The van der Waals surface area contributed by atoms with E-state index in [0.717, 1.165) is 12.0 Å². The Balaban J connectivity index is 2.57. The highest BCUT2D eigenvalue weighted by atomic mass is 35.5. The fourth-order valence-corrected chi connectivity index (χ4v) is 3.26. The zero-order chi connectivity index (χ0) is 18.1. The molecule has 1 heterocycles. The highest BCUT2D eigenvalue weighted by molar-refractivity contribution is 6.33. The van der Waals surface area contributed by atoms with Crippen LogP contribution >= 0.6 is 11.6 Å². The number of halogens is 1. The van der Waals surface area contributed by atoms with Crippen molar-refractivity contribution in [3.05, 3.63) is 51.1 Å². The van der Waals surface area contributed by atoms with Crippen LogP contribution in [0.25, 0.3) is 21.8 Å². The molecule has 0 aliphatic rings. The van der Waals surface area contributed by atoms with Crippen LogP contribution in [0.2, 0.25) is 5.02 Å². The molecule has 0 unspecified atom stereocenters. The van der Waals surface area contributed by atoms with Gasteiger partial charge in [0.2, 0.25) is 0 Å². The summed E-state index contributed by atoms with van der Waals surface area (Å²) in [4.78, 5) is 24.4. The number of rotatable bonds is 5. The standard InChI is InChI=1S/C19H18ClNO4/c1-3-11-5-6-12-15(9-11)21(10-16(22)23)17-13(18(12)24)7-8-14(20)19(17)25-4-2/h5-9H,3-4,10H2,1-2H3,(H,22,23). The molecule has 2 aromatic carbocycles. The molecular weight excluding hydrogens is 342 g/mol. The number of pyridine rings is 1. The summed E-state index contributed by atoms with van der Waals surface area (Å²) in [6.45, 7) is 3.88. The van der Waals surface area contributed by atoms with Gasteiger partial charge >= 0.3 is 5.97 Å². The molecule has 0 spiro atoms. The highest BCUT2D eigenvalue weighted by Gasteiger charge is 2.19. The molecule has 3 aromatic rings. The largest absolute Gasteiger partial charge is 0.490 e. The predicted octanol–water partition coefficient (Wildman–Crippen LogP) is 3.85. The fraction of sp³-hybridized carbons (Fsp3) is 0.263. The molecule has 5 nitrogen and oxygen atoms in total. The maximum absolute atomic E-state index is 12.9. The van der Waals surface area contributed by atoms with Crippen LogP contribution < -0.4 is 10.2 Å². The van der Waals surface area contributed by atoms with Crippen LogP contribution in [0, 0.1) is 0 Å². The maximum atomic E-state index is 12.9. The predicted molar refractivity (Wildman–Crippen MR) is 98.9 cm³/mol. The number of aromatic nitrogens is 1. The summed E-state index contributed by atoms with van der Waals surface area (Å²) < 4.78 is 7.25. The first-order valence-corrected chi connectivity index (χ1v) is 8.48. The third-order valence-corrected chi connectivity index (χ3v) is 4.48. The van der Waals surface area contributed by atoms with E-state index in [1.807, 2.05) is 26.0 Å². The third-order valence-electron chi connectivity index (χ3n) is 4.19. The minimum atomic E-state index is -1.00. The number of carboxylic acids is 1. The average Bonchev–Trinajstić information content (AvgIpc) is 2.59. The summed E-state index contributed by atoms with van der Waals surface area (Å²) in [5.41, 5.74) is 1.85. The van der Waals surface area contributed by atoms with Crippen molar-refractivity contribution in [1.29, 1.82) is 0 Å². The minimum absolute atomic E-state index is 0.160. The number of ether oxygens (including phenoxy) is 1. The van der Waals surface area contributed by atoms with Gasteiger partial charge in [0.05, 0.1) is 28.0 Å². The first kappa shape index (κ1) is 17.3. The number of aryl methyl sites for hydroxylation is 1. The van der Waals surface area contributed by atoms with Crippen molar-refractivity contribution in [3.63, 3.8) is 0 Å². The Bertz CT molecular complexity index is 1040. The van der Waals surface area contributed by atoms with Crippen LogP contribution in [0.1, 0.15) is 19.4 Å². The van der Waals surface area contributed by atoms with Gasteiger partial charge in [0.15, 0.2) is 11.2 Å². The Kier molecular flexibility index (Phi) is 4.68. The molecule has 1 N–H and O–H groups in total. The van der Waals surface area contributed by atoms with Gasteiger partial charge < -0.3 is 14.4 Å². The summed E-state index contributed by atoms with van der Waals surface area (Å²) in [5.74, 6) is -0.667. The molecule has 6 heteroatoms. The summed E-state index contributed by atoms with van der Waals surface area (Å²) in [6.07, 6.45) is 0.781. The molecule has 1 aromatic heterocycles. The number of hydrogen-bond acceptors (Lipinski definition) is 3. The van der Waals surface area contributed by atoms with Gasteiger partial charge in [0.25, 0.3) is 0 Å². The van der Waals surface area contributed by atoms with E-state index in [9.17, 15) is 14.7 Å². The zero-order valence-corrected chi connectivity index (χ0v) is 14.8. The molecule has 0 saturated heterocycles. The Morgan fingerprint density at radius 1 is 1.20 bits per heavy atom. The summed E-state index contributed by atoms with van der Waals surface area (Å²) in [6, 6.07) is 8.72. The van der Waals surface area contributed by atoms with E-state index in [-0.39, 0.29) is 12.0 Å². The van der Waals surface area contributed by atoms with Crippen molar-refractivity contribution in [2.75, 3.05) is 6.61 Å². The van der Waals surface area contributed by atoms with Gasteiger partial charge in [-0.1, -0.05) is 24.6 Å². The second-order valence-electron chi connectivity index (χ2n) is 5.72. The van der Waals surface area contributed by atoms with Crippen molar-refractivity contribution in [3.8, 4) is 5.75 Å². The second-order valence-corrected chi connectivity index (χ2v) is 6.13. The topological polar surface area (TPSA) is 68.5 Å².